The zero-order valence-electron chi connectivity index (χ0n) is 10.1. The third-order valence-corrected chi connectivity index (χ3v) is 3.60. The van der Waals surface area contributed by atoms with Crippen molar-refractivity contribution in [3.8, 4) is 0 Å². The Morgan fingerprint density at radius 2 is 1.37 bits per heavy atom. The molecule has 1 unspecified atom stereocenters. The zero-order chi connectivity index (χ0) is 15.0. The van der Waals surface area contributed by atoms with E-state index in [0.717, 1.165) is 0 Å². The lowest BCUT2D eigenvalue weighted by atomic mass is 10.0. The Morgan fingerprint density at radius 3 is 1.63 bits per heavy atom. The first-order chi connectivity index (χ1) is 8.87. The van der Waals surface area contributed by atoms with Crippen LogP contribution < -0.4 is 0 Å². The standard InChI is InChI=1S/C9H12I3NO6/c1-5(2)8(9(16)19-12)13(3-6(14)17-10)4-7(15)18-11/h5,8H,3-4H2,1-2H3. The Labute approximate surface area is 153 Å². The van der Waals surface area contributed by atoms with Gasteiger partial charge < -0.3 is 9.20 Å². The molecular formula is C9H12I3NO6. The van der Waals surface area contributed by atoms with Crippen LogP contribution in [0.1, 0.15) is 13.8 Å². The molecule has 0 bridgehead atoms. The SMILES string of the molecule is CC(C)C(C(=O)OI)N(CC(=O)OI)CC(=O)OI. The maximum Gasteiger partial charge on any atom is 0.333 e. The van der Waals surface area contributed by atoms with E-state index >= 15 is 0 Å². The molecule has 0 saturated carbocycles. The highest BCUT2D eigenvalue weighted by Crippen LogP contribution is 2.15. The first-order valence-electron chi connectivity index (χ1n) is 5.06. The van der Waals surface area contributed by atoms with Crippen LogP contribution in [0.3, 0.4) is 0 Å². The number of carbonyl (C=O) groups excluding carboxylic acids is 3. The van der Waals surface area contributed by atoms with Crippen LogP contribution in [0.15, 0.2) is 0 Å². The van der Waals surface area contributed by atoms with Gasteiger partial charge in [-0.1, -0.05) is 13.8 Å². The van der Waals surface area contributed by atoms with Crippen molar-refractivity contribution >= 4 is 86.9 Å². The van der Waals surface area contributed by atoms with Crippen LogP contribution in [0.5, 0.6) is 0 Å². The number of halogens is 3. The Balaban J connectivity index is 5.08. The summed E-state index contributed by atoms with van der Waals surface area (Å²) >= 11 is 4.36. The topological polar surface area (TPSA) is 82.1 Å². The first-order valence-corrected chi connectivity index (χ1v) is 7.70. The molecule has 0 aromatic rings. The summed E-state index contributed by atoms with van der Waals surface area (Å²) in [6, 6.07) is -0.733. The van der Waals surface area contributed by atoms with E-state index in [1.165, 1.54) is 73.9 Å². The van der Waals surface area contributed by atoms with E-state index in [0.29, 0.717) is 0 Å². The van der Waals surface area contributed by atoms with Crippen LogP contribution in [-0.4, -0.2) is 41.9 Å². The summed E-state index contributed by atoms with van der Waals surface area (Å²) in [5.41, 5.74) is 0. The predicted octanol–water partition coefficient (Wildman–Crippen LogP) is 1.99. The van der Waals surface area contributed by atoms with Gasteiger partial charge in [0, 0.05) is 0 Å². The Bertz CT molecular complexity index is 320. The van der Waals surface area contributed by atoms with Crippen LogP contribution in [0.4, 0.5) is 0 Å². The highest BCUT2D eigenvalue weighted by atomic mass is 127. The second-order valence-electron chi connectivity index (χ2n) is 3.89. The predicted molar refractivity (Wildman–Crippen MR) is 90.5 cm³/mol. The molecule has 0 aliphatic carbocycles. The van der Waals surface area contributed by atoms with Crippen molar-refractivity contribution in [2.75, 3.05) is 13.1 Å². The molecule has 0 saturated heterocycles. The molecule has 0 N–H and O–H groups in total. The van der Waals surface area contributed by atoms with Gasteiger partial charge >= 0.3 is 17.9 Å². The van der Waals surface area contributed by atoms with E-state index in [-0.39, 0.29) is 19.0 Å². The molecular weight excluding hydrogens is 599 g/mol. The lowest BCUT2D eigenvalue weighted by Gasteiger charge is -2.29. The number of carbonyl (C=O) groups is 3. The minimum atomic E-state index is -0.733. The number of rotatable bonds is 7. The van der Waals surface area contributed by atoms with Crippen LogP contribution in [0, 0.1) is 5.92 Å². The summed E-state index contributed by atoms with van der Waals surface area (Å²) in [7, 11) is 0. The molecule has 0 amide bonds. The van der Waals surface area contributed by atoms with Gasteiger partial charge in [0.05, 0.1) is 13.1 Å². The zero-order valence-corrected chi connectivity index (χ0v) is 16.6. The van der Waals surface area contributed by atoms with Crippen molar-refractivity contribution in [2.24, 2.45) is 5.92 Å². The summed E-state index contributed by atoms with van der Waals surface area (Å²) in [5, 5.41) is 0. The van der Waals surface area contributed by atoms with Crippen molar-refractivity contribution < 1.29 is 23.6 Å². The van der Waals surface area contributed by atoms with Crippen molar-refractivity contribution in [3.05, 3.63) is 0 Å². The van der Waals surface area contributed by atoms with E-state index in [1.54, 1.807) is 13.8 Å². The Hall–Kier alpha value is 0.560. The quantitative estimate of drug-likeness (QED) is 0.408. The van der Waals surface area contributed by atoms with Gasteiger partial charge in [-0.3, -0.25) is 4.90 Å². The monoisotopic (exact) mass is 611 g/mol. The van der Waals surface area contributed by atoms with Crippen LogP contribution in [0.25, 0.3) is 0 Å². The van der Waals surface area contributed by atoms with E-state index < -0.39 is 23.9 Å². The van der Waals surface area contributed by atoms with Crippen molar-refractivity contribution in [1.82, 2.24) is 4.90 Å². The van der Waals surface area contributed by atoms with Gasteiger partial charge in [-0.15, -0.1) is 0 Å². The van der Waals surface area contributed by atoms with E-state index in [1.807, 2.05) is 0 Å². The van der Waals surface area contributed by atoms with Gasteiger partial charge in [0.1, 0.15) is 6.04 Å². The van der Waals surface area contributed by atoms with Gasteiger partial charge in [0.15, 0.2) is 69.0 Å². The molecule has 7 nitrogen and oxygen atoms in total. The van der Waals surface area contributed by atoms with Gasteiger partial charge in [0.25, 0.3) is 0 Å². The molecule has 1 atom stereocenters. The van der Waals surface area contributed by atoms with Gasteiger partial charge in [-0.05, 0) is 5.92 Å². The molecule has 10 heteroatoms. The number of hydrogen-bond acceptors (Lipinski definition) is 7. The van der Waals surface area contributed by atoms with Crippen LogP contribution in [-0.2, 0) is 23.6 Å². The van der Waals surface area contributed by atoms with E-state index in [9.17, 15) is 14.4 Å². The highest BCUT2D eigenvalue weighted by molar-refractivity contribution is 14.1. The second kappa shape index (κ2) is 10.3. The summed E-state index contributed by atoms with van der Waals surface area (Å²) in [4.78, 5) is 35.8. The largest absolute Gasteiger partial charge is 0.394 e. The van der Waals surface area contributed by atoms with E-state index in [2.05, 4.69) is 9.20 Å². The molecule has 0 fully saturated rings. The van der Waals surface area contributed by atoms with Gasteiger partial charge in [-0.25, -0.2) is 14.4 Å². The van der Waals surface area contributed by atoms with Crippen molar-refractivity contribution in [3.63, 3.8) is 0 Å². The Morgan fingerprint density at radius 1 is 0.947 bits per heavy atom. The van der Waals surface area contributed by atoms with Crippen molar-refractivity contribution in [1.29, 1.82) is 0 Å². The third-order valence-electron chi connectivity index (χ3n) is 2.18. The molecule has 0 aliphatic rings. The van der Waals surface area contributed by atoms with E-state index in [4.69, 9.17) is 0 Å². The fraction of sp³-hybridized carbons (Fsp3) is 0.667. The molecule has 0 radical (unpaired) electrons. The minimum absolute atomic E-state index is 0.147. The molecule has 0 aliphatic heterocycles. The number of hydrogen-bond donors (Lipinski definition) is 0. The second-order valence-corrected chi connectivity index (χ2v) is 5.21. The Kier molecular flexibility index (Phi) is 10.6. The smallest absolute Gasteiger partial charge is 0.333 e. The fourth-order valence-corrected chi connectivity index (χ4v) is 2.06. The summed E-state index contributed by atoms with van der Waals surface area (Å²) in [5.74, 6) is -1.80. The molecule has 110 valence electrons. The molecule has 0 aromatic carbocycles. The highest BCUT2D eigenvalue weighted by Gasteiger charge is 2.33. The lowest BCUT2D eigenvalue weighted by molar-refractivity contribution is -0.144. The summed E-state index contributed by atoms with van der Waals surface area (Å²) in [6.07, 6.45) is 0. The average molecular weight is 611 g/mol. The molecule has 19 heavy (non-hydrogen) atoms. The first kappa shape index (κ1) is 19.6. The van der Waals surface area contributed by atoms with Crippen LogP contribution in [0.2, 0.25) is 0 Å². The van der Waals surface area contributed by atoms with Crippen molar-refractivity contribution in [2.45, 2.75) is 19.9 Å². The summed E-state index contributed by atoms with van der Waals surface area (Å²) < 4.78 is 13.7. The third kappa shape index (κ3) is 7.22. The van der Waals surface area contributed by atoms with Gasteiger partial charge in [-0.2, -0.15) is 0 Å². The fourth-order valence-electron chi connectivity index (χ4n) is 1.52. The normalized spacial score (nSPS) is 12.2. The maximum atomic E-state index is 11.8. The minimum Gasteiger partial charge on any atom is -0.394 e. The van der Waals surface area contributed by atoms with Gasteiger partial charge in [0.2, 0.25) is 0 Å². The average Bonchev–Trinajstić information content (AvgIpc) is 2.37. The lowest BCUT2D eigenvalue weighted by Crippen LogP contribution is -2.49. The molecule has 0 spiro atoms. The summed E-state index contributed by atoms with van der Waals surface area (Å²) in [6.45, 7) is 3.17. The maximum absolute atomic E-state index is 11.8. The molecule has 0 heterocycles. The molecule has 0 rings (SSSR count). The molecule has 0 aromatic heterocycles. The number of nitrogens with zero attached hydrogens (tertiary/aromatic N) is 1. The van der Waals surface area contributed by atoms with Crippen LogP contribution >= 0.6 is 69.0 Å².